The maximum Gasteiger partial charge on any atom is 0.256 e. The molecule has 0 atom stereocenters. The highest BCUT2D eigenvalue weighted by molar-refractivity contribution is 5.98. The maximum atomic E-state index is 11.9. The number of anilines is 1. The smallest absolute Gasteiger partial charge is 0.256 e. The Morgan fingerprint density at radius 1 is 1.40 bits per heavy atom. The molecule has 0 aliphatic rings. The molecule has 0 aliphatic carbocycles. The quantitative estimate of drug-likeness (QED) is 0.892. The Morgan fingerprint density at radius 3 is 2.85 bits per heavy atom. The van der Waals surface area contributed by atoms with Gasteiger partial charge in [0.15, 0.2) is 5.82 Å². The monoisotopic (exact) mass is 270 g/mol. The molecular weight excluding hydrogens is 252 g/mol. The van der Waals surface area contributed by atoms with Gasteiger partial charge in [-0.25, -0.2) is 9.97 Å². The normalized spacial score (nSPS) is 10.3. The summed E-state index contributed by atoms with van der Waals surface area (Å²) < 4.78 is 0. The predicted octanol–water partition coefficient (Wildman–Crippen LogP) is 2.17. The van der Waals surface area contributed by atoms with Gasteiger partial charge < -0.3 is 11.1 Å². The highest BCUT2D eigenvalue weighted by Gasteiger charge is 2.12. The fourth-order valence-electron chi connectivity index (χ4n) is 1.83. The van der Waals surface area contributed by atoms with Gasteiger partial charge >= 0.3 is 0 Å². The second-order valence-corrected chi connectivity index (χ2v) is 4.62. The molecule has 0 fully saturated rings. The number of rotatable bonds is 4. The number of carbonyl (C=O) groups is 1. The van der Waals surface area contributed by atoms with Crippen LogP contribution in [0.15, 0.2) is 30.5 Å². The van der Waals surface area contributed by atoms with Gasteiger partial charge in [-0.05, 0) is 19.4 Å². The number of carbonyl (C=O) groups excluding carboxylic acids is 1. The molecule has 5 heteroatoms. The van der Waals surface area contributed by atoms with Crippen molar-refractivity contribution in [3.8, 4) is 11.4 Å². The molecule has 3 N–H and O–H groups in total. The molecule has 104 valence electrons. The lowest BCUT2D eigenvalue weighted by Gasteiger charge is -2.07. The zero-order valence-corrected chi connectivity index (χ0v) is 11.7. The van der Waals surface area contributed by atoms with Crippen molar-refractivity contribution in [2.24, 2.45) is 0 Å². The number of aryl methyl sites for hydroxylation is 1. The summed E-state index contributed by atoms with van der Waals surface area (Å²) in [5.74, 6) is 0.489. The van der Waals surface area contributed by atoms with Gasteiger partial charge in [0.1, 0.15) is 5.82 Å². The lowest BCUT2D eigenvalue weighted by molar-refractivity contribution is 0.0954. The Morgan fingerprint density at radius 2 is 2.20 bits per heavy atom. The summed E-state index contributed by atoms with van der Waals surface area (Å²) in [5.41, 5.74) is 8.18. The van der Waals surface area contributed by atoms with Crippen molar-refractivity contribution in [2.45, 2.75) is 20.3 Å². The van der Waals surface area contributed by atoms with Gasteiger partial charge in [-0.1, -0.05) is 30.7 Å². The van der Waals surface area contributed by atoms with Crippen LogP contribution in [-0.4, -0.2) is 22.4 Å². The van der Waals surface area contributed by atoms with Crippen LogP contribution in [0.25, 0.3) is 11.4 Å². The highest BCUT2D eigenvalue weighted by Crippen LogP contribution is 2.18. The largest absolute Gasteiger partial charge is 0.383 e. The summed E-state index contributed by atoms with van der Waals surface area (Å²) in [4.78, 5) is 20.3. The first-order valence-electron chi connectivity index (χ1n) is 6.59. The second kappa shape index (κ2) is 6.14. The first-order valence-corrected chi connectivity index (χ1v) is 6.59. The lowest BCUT2D eigenvalue weighted by Crippen LogP contribution is -2.25. The Balaban J connectivity index is 2.28. The average Bonchev–Trinajstić information content (AvgIpc) is 2.44. The zero-order valence-electron chi connectivity index (χ0n) is 11.7. The minimum absolute atomic E-state index is 0.199. The third-order valence-corrected chi connectivity index (χ3v) is 2.87. The van der Waals surface area contributed by atoms with Gasteiger partial charge in [-0.3, -0.25) is 4.79 Å². The van der Waals surface area contributed by atoms with Crippen molar-refractivity contribution in [2.75, 3.05) is 12.3 Å². The minimum Gasteiger partial charge on any atom is -0.383 e. The van der Waals surface area contributed by atoms with E-state index < -0.39 is 0 Å². The molecule has 1 aromatic carbocycles. The molecule has 5 nitrogen and oxygen atoms in total. The Labute approximate surface area is 118 Å². The van der Waals surface area contributed by atoms with Gasteiger partial charge in [-0.15, -0.1) is 0 Å². The summed E-state index contributed by atoms with van der Waals surface area (Å²) in [6, 6.07) is 7.83. The summed E-state index contributed by atoms with van der Waals surface area (Å²) in [6.45, 7) is 4.60. The van der Waals surface area contributed by atoms with Crippen LogP contribution in [0.4, 0.5) is 5.82 Å². The van der Waals surface area contributed by atoms with Gasteiger partial charge in [0.2, 0.25) is 0 Å². The van der Waals surface area contributed by atoms with Crippen LogP contribution in [0, 0.1) is 6.92 Å². The Hall–Kier alpha value is -2.43. The number of nitrogens with two attached hydrogens (primary N) is 1. The molecule has 1 aromatic heterocycles. The summed E-state index contributed by atoms with van der Waals surface area (Å²) in [6.07, 6.45) is 2.35. The number of amides is 1. The molecule has 2 aromatic rings. The fraction of sp³-hybridized carbons (Fsp3) is 0.267. The fourth-order valence-corrected chi connectivity index (χ4v) is 1.83. The molecule has 2 rings (SSSR count). The van der Waals surface area contributed by atoms with E-state index in [1.165, 1.54) is 6.20 Å². The molecule has 0 unspecified atom stereocenters. The highest BCUT2D eigenvalue weighted by atomic mass is 16.1. The molecule has 0 radical (unpaired) electrons. The maximum absolute atomic E-state index is 11.9. The van der Waals surface area contributed by atoms with Crippen LogP contribution in [0.2, 0.25) is 0 Å². The van der Waals surface area contributed by atoms with Crippen molar-refractivity contribution in [1.82, 2.24) is 15.3 Å². The topological polar surface area (TPSA) is 80.9 Å². The molecule has 0 spiro atoms. The van der Waals surface area contributed by atoms with Crippen molar-refractivity contribution >= 4 is 11.7 Å². The van der Waals surface area contributed by atoms with Crippen LogP contribution in [0.5, 0.6) is 0 Å². The van der Waals surface area contributed by atoms with E-state index in [-0.39, 0.29) is 11.7 Å². The van der Waals surface area contributed by atoms with E-state index in [9.17, 15) is 4.79 Å². The SMILES string of the molecule is CCCNC(=O)c1cnc(-c2cccc(C)c2)nc1N. The van der Waals surface area contributed by atoms with Gasteiger partial charge in [0.05, 0.1) is 5.56 Å². The molecule has 1 amide bonds. The van der Waals surface area contributed by atoms with Crippen LogP contribution in [-0.2, 0) is 0 Å². The van der Waals surface area contributed by atoms with Crippen molar-refractivity contribution in [3.05, 3.63) is 41.6 Å². The van der Waals surface area contributed by atoms with Crippen LogP contribution < -0.4 is 11.1 Å². The number of nitrogens with zero attached hydrogens (tertiary/aromatic N) is 2. The van der Waals surface area contributed by atoms with Crippen molar-refractivity contribution in [1.29, 1.82) is 0 Å². The van der Waals surface area contributed by atoms with Crippen molar-refractivity contribution in [3.63, 3.8) is 0 Å². The van der Waals surface area contributed by atoms with E-state index in [0.29, 0.717) is 17.9 Å². The number of hydrogen-bond acceptors (Lipinski definition) is 4. The van der Waals surface area contributed by atoms with E-state index in [0.717, 1.165) is 17.5 Å². The van der Waals surface area contributed by atoms with E-state index >= 15 is 0 Å². The molecule has 0 saturated heterocycles. The van der Waals surface area contributed by atoms with Crippen LogP contribution in [0.1, 0.15) is 29.3 Å². The predicted molar refractivity (Wildman–Crippen MR) is 79.2 cm³/mol. The van der Waals surface area contributed by atoms with E-state index in [2.05, 4.69) is 15.3 Å². The number of nitrogen functional groups attached to an aromatic ring is 1. The second-order valence-electron chi connectivity index (χ2n) is 4.62. The number of benzene rings is 1. The van der Waals surface area contributed by atoms with Gasteiger partial charge in [0, 0.05) is 18.3 Å². The van der Waals surface area contributed by atoms with Crippen LogP contribution in [0.3, 0.4) is 0 Å². The molecule has 0 bridgehead atoms. The van der Waals surface area contributed by atoms with Crippen LogP contribution >= 0.6 is 0 Å². The van der Waals surface area contributed by atoms with Gasteiger partial charge in [0.25, 0.3) is 5.91 Å². The molecular formula is C15H18N4O. The molecule has 0 saturated carbocycles. The number of nitrogens with one attached hydrogen (secondary N) is 1. The summed E-state index contributed by atoms with van der Waals surface area (Å²) in [5, 5.41) is 2.76. The standard InChI is InChI=1S/C15H18N4O/c1-3-7-17-15(20)12-9-18-14(19-13(12)16)11-6-4-5-10(2)8-11/h4-6,8-9H,3,7H2,1-2H3,(H,17,20)(H2,16,18,19). The Kier molecular flexibility index (Phi) is 4.30. The van der Waals surface area contributed by atoms with E-state index in [1.54, 1.807) is 0 Å². The molecule has 0 aliphatic heterocycles. The number of hydrogen-bond donors (Lipinski definition) is 2. The summed E-state index contributed by atoms with van der Waals surface area (Å²) in [7, 11) is 0. The lowest BCUT2D eigenvalue weighted by atomic mass is 10.1. The van der Waals surface area contributed by atoms with Gasteiger partial charge in [-0.2, -0.15) is 0 Å². The average molecular weight is 270 g/mol. The van der Waals surface area contributed by atoms with Crippen molar-refractivity contribution < 1.29 is 4.79 Å². The number of aromatic nitrogens is 2. The third kappa shape index (κ3) is 3.12. The third-order valence-electron chi connectivity index (χ3n) is 2.87. The first kappa shape index (κ1) is 14.0. The first-order chi connectivity index (χ1) is 9.61. The molecule has 20 heavy (non-hydrogen) atoms. The van der Waals surface area contributed by atoms with E-state index in [4.69, 9.17) is 5.73 Å². The molecule has 1 heterocycles. The van der Waals surface area contributed by atoms with E-state index in [1.807, 2.05) is 38.1 Å². The Bertz CT molecular complexity index is 625. The zero-order chi connectivity index (χ0) is 14.5. The minimum atomic E-state index is -0.236. The summed E-state index contributed by atoms with van der Waals surface area (Å²) >= 11 is 0.